The van der Waals surface area contributed by atoms with Crippen LogP contribution >= 0.6 is 0 Å². The Kier molecular flexibility index (Phi) is 5.10. The highest BCUT2D eigenvalue weighted by Gasteiger charge is 2.47. The second kappa shape index (κ2) is 7.63. The molecular formula is C20H19N3O2. The number of nitrogens with zero attached hydrogens (tertiary/aromatic N) is 1. The normalized spacial score (nSPS) is 18.0. The highest BCUT2D eigenvalue weighted by molar-refractivity contribution is 5.99. The van der Waals surface area contributed by atoms with E-state index in [-0.39, 0.29) is 23.7 Å². The van der Waals surface area contributed by atoms with Crippen molar-refractivity contribution in [1.82, 2.24) is 5.32 Å². The molecule has 2 N–H and O–H groups in total. The molecule has 0 radical (unpaired) electrons. The van der Waals surface area contributed by atoms with E-state index in [4.69, 9.17) is 5.26 Å². The molecule has 5 nitrogen and oxygen atoms in total. The second-order valence-electron chi connectivity index (χ2n) is 6.15. The maximum absolute atomic E-state index is 12.2. The first kappa shape index (κ1) is 16.7. The zero-order chi connectivity index (χ0) is 17.6. The third-order valence-electron chi connectivity index (χ3n) is 4.30. The SMILES string of the molecule is N#Cc1ccc(NC(=O)C2CC2C(=O)NCCc2ccccc2)cc1. The van der Waals surface area contributed by atoms with E-state index in [0.29, 0.717) is 24.2 Å². The van der Waals surface area contributed by atoms with E-state index in [1.165, 1.54) is 5.56 Å². The lowest BCUT2D eigenvalue weighted by Crippen LogP contribution is -2.29. The molecule has 1 aliphatic carbocycles. The number of hydrogen-bond acceptors (Lipinski definition) is 3. The molecule has 0 aromatic heterocycles. The minimum Gasteiger partial charge on any atom is -0.356 e. The molecule has 2 amide bonds. The highest BCUT2D eigenvalue weighted by Crippen LogP contribution is 2.39. The summed E-state index contributed by atoms with van der Waals surface area (Å²) >= 11 is 0. The fraction of sp³-hybridized carbons (Fsp3) is 0.250. The Morgan fingerprint density at radius 1 is 1.00 bits per heavy atom. The van der Waals surface area contributed by atoms with E-state index in [0.717, 1.165) is 6.42 Å². The summed E-state index contributed by atoms with van der Waals surface area (Å²) in [5, 5.41) is 14.5. The molecule has 126 valence electrons. The summed E-state index contributed by atoms with van der Waals surface area (Å²) in [7, 11) is 0. The molecule has 1 saturated carbocycles. The Balaban J connectivity index is 1.42. The largest absolute Gasteiger partial charge is 0.356 e. The van der Waals surface area contributed by atoms with Gasteiger partial charge in [-0.3, -0.25) is 9.59 Å². The monoisotopic (exact) mass is 333 g/mol. The predicted molar refractivity (Wildman–Crippen MR) is 94.5 cm³/mol. The predicted octanol–water partition coefficient (Wildman–Crippen LogP) is 2.49. The lowest BCUT2D eigenvalue weighted by molar-refractivity contribution is -0.125. The first-order valence-electron chi connectivity index (χ1n) is 8.30. The number of amides is 2. The van der Waals surface area contributed by atoms with Crippen molar-refractivity contribution in [2.24, 2.45) is 11.8 Å². The van der Waals surface area contributed by atoms with Crippen LogP contribution in [0.15, 0.2) is 54.6 Å². The third kappa shape index (κ3) is 4.45. The highest BCUT2D eigenvalue weighted by atomic mass is 16.2. The van der Waals surface area contributed by atoms with Gasteiger partial charge in [0.05, 0.1) is 23.5 Å². The molecule has 1 aliphatic rings. The quantitative estimate of drug-likeness (QED) is 0.852. The van der Waals surface area contributed by atoms with E-state index < -0.39 is 0 Å². The number of rotatable bonds is 6. The van der Waals surface area contributed by atoms with Crippen LogP contribution < -0.4 is 10.6 Å². The van der Waals surface area contributed by atoms with Crippen LogP contribution in [0.4, 0.5) is 5.69 Å². The molecule has 2 unspecified atom stereocenters. The Hall–Kier alpha value is -3.13. The van der Waals surface area contributed by atoms with E-state index in [9.17, 15) is 9.59 Å². The van der Waals surface area contributed by atoms with Crippen LogP contribution in [0.5, 0.6) is 0 Å². The zero-order valence-corrected chi connectivity index (χ0v) is 13.7. The molecule has 2 atom stereocenters. The van der Waals surface area contributed by atoms with E-state index in [2.05, 4.69) is 10.6 Å². The first-order chi connectivity index (χ1) is 12.2. The Morgan fingerprint density at radius 3 is 2.36 bits per heavy atom. The van der Waals surface area contributed by atoms with Crippen LogP contribution in [0.25, 0.3) is 0 Å². The molecule has 25 heavy (non-hydrogen) atoms. The Bertz CT molecular complexity index is 794. The van der Waals surface area contributed by atoms with Gasteiger partial charge in [-0.25, -0.2) is 0 Å². The van der Waals surface area contributed by atoms with Gasteiger partial charge in [0.25, 0.3) is 0 Å². The number of nitrogens with one attached hydrogen (secondary N) is 2. The molecule has 2 aromatic carbocycles. The van der Waals surface area contributed by atoms with Crippen molar-refractivity contribution in [2.45, 2.75) is 12.8 Å². The van der Waals surface area contributed by atoms with E-state index in [1.54, 1.807) is 24.3 Å². The van der Waals surface area contributed by atoms with Gasteiger partial charge in [0.1, 0.15) is 0 Å². The average Bonchev–Trinajstić information content (AvgIpc) is 3.44. The van der Waals surface area contributed by atoms with Crippen LogP contribution in [0.1, 0.15) is 17.5 Å². The maximum Gasteiger partial charge on any atom is 0.228 e. The van der Waals surface area contributed by atoms with E-state index in [1.807, 2.05) is 36.4 Å². The van der Waals surface area contributed by atoms with Crippen molar-refractivity contribution in [3.63, 3.8) is 0 Å². The van der Waals surface area contributed by atoms with Gasteiger partial charge in [-0.2, -0.15) is 5.26 Å². The molecule has 5 heteroatoms. The van der Waals surface area contributed by atoms with Crippen molar-refractivity contribution in [3.05, 3.63) is 65.7 Å². The van der Waals surface area contributed by atoms with Crippen LogP contribution in [0.3, 0.4) is 0 Å². The van der Waals surface area contributed by atoms with Gasteiger partial charge in [-0.15, -0.1) is 0 Å². The standard InChI is InChI=1S/C20H19N3O2/c21-13-15-6-8-16(9-7-15)23-20(25)18-12-17(18)19(24)22-11-10-14-4-2-1-3-5-14/h1-9,17-18H,10-12H2,(H,22,24)(H,23,25). The molecular weight excluding hydrogens is 314 g/mol. The average molecular weight is 333 g/mol. The van der Waals surface area contributed by atoms with Gasteiger partial charge in [-0.05, 0) is 42.7 Å². The molecule has 0 aliphatic heterocycles. The summed E-state index contributed by atoms with van der Waals surface area (Å²) in [4.78, 5) is 24.3. The summed E-state index contributed by atoms with van der Waals surface area (Å²) in [6, 6.07) is 18.7. The van der Waals surface area contributed by atoms with Crippen molar-refractivity contribution >= 4 is 17.5 Å². The second-order valence-corrected chi connectivity index (χ2v) is 6.15. The molecule has 0 bridgehead atoms. The number of hydrogen-bond donors (Lipinski definition) is 2. The number of nitriles is 1. The summed E-state index contributed by atoms with van der Waals surface area (Å²) < 4.78 is 0. The topological polar surface area (TPSA) is 82.0 Å². The smallest absolute Gasteiger partial charge is 0.228 e. The van der Waals surface area contributed by atoms with Crippen molar-refractivity contribution in [2.75, 3.05) is 11.9 Å². The van der Waals surface area contributed by atoms with Gasteiger partial charge in [0.15, 0.2) is 0 Å². The summed E-state index contributed by atoms with van der Waals surface area (Å²) in [5.74, 6) is -0.717. The van der Waals surface area contributed by atoms with Crippen LogP contribution in [0.2, 0.25) is 0 Å². The lowest BCUT2D eigenvalue weighted by Gasteiger charge is -2.06. The number of anilines is 1. The minimum atomic E-state index is -0.271. The van der Waals surface area contributed by atoms with Crippen LogP contribution in [-0.4, -0.2) is 18.4 Å². The van der Waals surface area contributed by atoms with Gasteiger partial charge in [0, 0.05) is 12.2 Å². The van der Waals surface area contributed by atoms with Gasteiger partial charge in [-0.1, -0.05) is 30.3 Å². The molecule has 3 rings (SSSR count). The zero-order valence-electron chi connectivity index (χ0n) is 13.7. The van der Waals surface area contributed by atoms with Crippen molar-refractivity contribution < 1.29 is 9.59 Å². The molecule has 0 heterocycles. The fourth-order valence-corrected chi connectivity index (χ4v) is 2.74. The maximum atomic E-state index is 12.2. The van der Waals surface area contributed by atoms with Gasteiger partial charge >= 0.3 is 0 Å². The third-order valence-corrected chi connectivity index (χ3v) is 4.30. The minimum absolute atomic E-state index is 0.0593. The Labute approximate surface area is 146 Å². The van der Waals surface area contributed by atoms with Crippen molar-refractivity contribution in [3.8, 4) is 6.07 Å². The lowest BCUT2D eigenvalue weighted by atomic mass is 10.1. The summed E-state index contributed by atoms with van der Waals surface area (Å²) in [6.45, 7) is 0.573. The van der Waals surface area contributed by atoms with E-state index >= 15 is 0 Å². The van der Waals surface area contributed by atoms with Gasteiger partial charge < -0.3 is 10.6 Å². The van der Waals surface area contributed by atoms with Gasteiger partial charge in [0.2, 0.25) is 11.8 Å². The first-order valence-corrected chi connectivity index (χ1v) is 8.30. The fourth-order valence-electron chi connectivity index (χ4n) is 2.74. The summed E-state index contributed by atoms with van der Waals surface area (Å²) in [5.41, 5.74) is 2.35. The number of carbonyl (C=O) groups is 2. The number of carbonyl (C=O) groups excluding carboxylic acids is 2. The molecule has 2 aromatic rings. The number of benzene rings is 2. The van der Waals surface area contributed by atoms with Crippen LogP contribution in [0, 0.1) is 23.2 Å². The van der Waals surface area contributed by atoms with Crippen LogP contribution in [-0.2, 0) is 16.0 Å². The molecule has 1 fully saturated rings. The Morgan fingerprint density at radius 2 is 1.68 bits per heavy atom. The van der Waals surface area contributed by atoms with Crippen molar-refractivity contribution in [1.29, 1.82) is 5.26 Å². The molecule has 0 saturated heterocycles. The molecule has 0 spiro atoms. The summed E-state index contributed by atoms with van der Waals surface area (Å²) in [6.07, 6.45) is 1.36.